The Labute approximate surface area is 118 Å². The summed E-state index contributed by atoms with van der Waals surface area (Å²) < 4.78 is 10.9. The van der Waals surface area contributed by atoms with E-state index in [-0.39, 0.29) is 0 Å². The van der Waals surface area contributed by atoms with Gasteiger partial charge in [0.1, 0.15) is 0 Å². The highest BCUT2D eigenvalue weighted by Crippen LogP contribution is 2.22. The Morgan fingerprint density at radius 1 is 1.10 bits per heavy atom. The van der Waals surface area contributed by atoms with Gasteiger partial charge >= 0.3 is 0 Å². The minimum Gasteiger partial charge on any atom is -0.478 e. The number of nitrogen functional groups attached to an aromatic ring is 1. The van der Waals surface area contributed by atoms with Crippen LogP contribution >= 0.6 is 0 Å². The first kappa shape index (κ1) is 14.1. The molecule has 0 spiro atoms. The number of nitrogens with zero attached hydrogens (tertiary/aromatic N) is 2. The van der Waals surface area contributed by atoms with Crippen LogP contribution in [-0.4, -0.2) is 23.2 Å². The predicted molar refractivity (Wildman–Crippen MR) is 77.9 cm³/mol. The topological polar surface area (TPSA) is 70.3 Å². The van der Waals surface area contributed by atoms with Crippen molar-refractivity contribution in [1.82, 2.24) is 9.97 Å². The average Bonchev–Trinajstić information content (AvgIpc) is 2.48. The molecule has 2 aromatic rings. The summed E-state index contributed by atoms with van der Waals surface area (Å²) in [4.78, 5) is 8.22. The van der Waals surface area contributed by atoms with E-state index in [1.54, 1.807) is 24.5 Å². The van der Waals surface area contributed by atoms with Crippen molar-refractivity contribution < 1.29 is 9.47 Å². The molecular weight excluding hydrogens is 254 g/mol. The van der Waals surface area contributed by atoms with Crippen LogP contribution in [0, 0.1) is 0 Å². The molecule has 2 aromatic heterocycles. The summed E-state index contributed by atoms with van der Waals surface area (Å²) in [5, 5.41) is 0. The van der Waals surface area contributed by atoms with E-state index in [0.29, 0.717) is 30.7 Å². The summed E-state index contributed by atoms with van der Waals surface area (Å²) in [7, 11) is 0. The molecule has 0 unspecified atom stereocenters. The third-order valence-corrected chi connectivity index (χ3v) is 2.75. The largest absolute Gasteiger partial charge is 0.478 e. The average molecular weight is 273 g/mol. The van der Waals surface area contributed by atoms with Gasteiger partial charge in [0.2, 0.25) is 11.8 Å². The first-order valence-corrected chi connectivity index (χ1v) is 6.70. The van der Waals surface area contributed by atoms with Crippen LogP contribution in [0.3, 0.4) is 0 Å². The maximum atomic E-state index is 5.76. The van der Waals surface area contributed by atoms with E-state index in [9.17, 15) is 0 Å². The number of aromatic nitrogens is 2. The van der Waals surface area contributed by atoms with Crippen molar-refractivity contribution in [1.29, 1.82) is 0 Å². The molecule has 0 saturated heterocycles. The lowest BCUT2D eigenvalue weighted by Crippen LogP contribution is -2.04. The molecule has 5 heteroatoms. The van der Waals surface area contributed by atoms with Crippen molar-refractivity contribution in [3.63, 3.8) is 0 Å². The van der Waals surface area contributed by atoms with Crippen molar-refractivity contribution >= 4 is 5.69 Å². The van der Waals surface area contributed by atoms with Gasteiger partial charge in [0.05, 0.1) is 18.9 Å². The van der Waals surface area contributed by atoms with Crippen LogP contribution in [0.2, 0.25) is 0 Å². The fraction of sp³-hybridized carbons (Fsp3) is 0.333. The molecule has 0 aliphatic heterocycles. The molecule has 2 rings (SSSR count). The summed E-state index contributed by atoms with van der Waals surface area (Å²) >= 11 is 0. The van der Waals surface area contributed by atoms with Crippen LogP contribution in [-0.2, 0) is 6.42 Å². The molecule has 0 aliphatic rings. The lowest BCUT2D eigenvalue weighted by Gasteiger charge is -2.09. The Morgan fingerprint density at radius 3 is 2.65 bits per heavy atom. The third-order valence-electron chi connectivity index (χ3n) is 2.75. The zero-order valence-corrected chi connectivity index (χ0v) is 11.6. The molecule has 2 N–H and O–H groups in total. The number of ether oxygens (including phenoxy) is 2. The van der Waals surface area contributed by atoms with Gasteiger partial charge in [-0.25, -0.2) is 0 Å². The van der Waals surface area contributed by atoms with Crippen LogP contribution in [0.1, 0.15) is 18.9 Å². The van der Waals surface area contributed by atoms with Gasteiger partial charge in [-0.2, -0.15) is 4.98 Å². The molecular formula is C15H19N3O2. The van der Waals surface area contributed by atoms with Crippen LogP contribution in [0.15, 0.2) is 36.7 Å². The molecule has 5 nitrogen and oxygen atoms in total. The molecule has 106 valence electrons. The van der Waals surface area contributed by atoms with Crippen molar-refractivity contribution in [2.75, 3.05) is 18.9 Å². The number of hydrogen-bond donors (Lipinski definition) is 1. The highest BCUT2D eigenvalue weighted by atomic mass is 16.5. The number of rotatable bonds is 7. The maximum Gasteiger partial charge on any atom is 0.240 e. The lowest BCUT2D eigenvalue weighted by molar-refractivity contribution is 0.284. The van der Waals surface area contributed by atoms with E-state index < -0.39 is 0 Å². The molecule has 0 fully saturated rings. The van der Waals surface area contributed by atoms with Gasteiger partial charge in [-0.3, -0.25) is 4.98 Å². The fourth-order valence-corrected chi connectivity index (χ4v) is 1.77. The first-order valence-electron chi connectivity index (χ1n) is 6.70. The van der Waals surface area contributed by atoms with Crippen molar-refractivity contribution in [2.45, 2.75) is 19.8 Å². The van der Waals surface area contributed by atoms with Gasteiger partial charge < -0.3 is 15.2 Å². The van der Waals surface area contributed by atoms with Crippen LogP contribution in [0.25, 0.3) is 0 Å². The molecule has 0 radical (unpaired) electrons. The zero-order chi connectivity index (χ0) is 14.2. The molecule has 0 aliphatic carbocycles. The molecule has 0 amide bonds. The molecule has 2 heterocycles. The van der Waals surface area contributed by atoms with Gasteiger partial charge in [0.15, 0.2) is 0 Å². The standard InChI is InChI=1S/C15H19N3O2/c1-2-19-15-13(16)5-6-14(18-15)20-11-3-4-12-7-9-17-10-8-12/h5-10H,2-4,11,16H2,1H3. The summed E-state index contributed by atoms with van der Waals surface area (Å²) in [5.41, 5.74) is 7.54. The van der Waals surface area contributed by atoms with Gasteiger partial charge in [-0.15, -0.1) is 0 Å². The minimum atomic E-state index is 0.430. The third kappa shape index (κ3) is 4.12. The predicted octanol–water partition coefficient (Wildman–Crippen LogP) is 2.47. The Balaban J connectivity index is 1.80. The second-order valence-corrected chi connectivity index (χ2v) is 4.28. The van der Waals surface area contributed by atoms with Crippen molar-refractivity contribution in [2.24, 2.45) is 0 Å². The van der Waals surface area contributed by atoms with E-state index >= 15 is 0 Å². The monoisotopic (exact) mass is 273 g/mol. The minimum absolute atomic E-state index is 0.430. The smallest absolute Gasteiger partial charge is 0.240 e. The van der Waals surface area contributed by atoms with Crippen molar-refractivity contribution in [3.05, 3.63) is 42.2 Å². The van der Waals surface area contributed by atoms with E-state index in [1.807, 2.05) is 19.1 Å². The van der Waals surface area contributed by atoms with E-state index in [2.05, 4.69) is 9.97 Å². The van der Waals surface area contributed by atoms with Crippen LogP contribution in [0.5, 0.6) is 11.8 Å². The number of pyridine rings is 2. The van der Waals surface area contributed by atoms with Crippen LogP contribution in [0.4, 0.5) is 5.69 Å². The van der Waals surface area contributed by atoms with Crippen molar-refractivity contribution in [3.8, 4) is 11.8 Å². The summed E-state index contributed by atoms with van der Waals surface area (Å²) in [6, 6.07) is 7.52. The zero-order valence-electron chi connectivity index (χ0n) is 11.6. The van der Waals surface area contributed by atoms with E-state index in [4.69, 9.17) is 15.2 Å². The highest BCUT2D eigenvalue weighted by Gasteiger charge is 2.04. The molecule has 0 atom stereocenters. The number of hydrogen-bond acceptors (Lipinski definition) is 5. The quantitative estimate of drug-likeness (QED) is 0.785. The van der Waals surface area contributed by atoms with E-state index in [0.717, 1.165) is 12.8 Å². The molecule has 0 bridgehead atoms. The first-order chi connectivity index (χ1) is 9.79. The number of anilines is 1. The maximum absolute atomic E-state index is 5.76. The second kappa shape index (κ2) is 7.33. The normalized spacial score (nSPS) is 10.2. The summed E-state index contributed by atoms with van der Waals surface area (Å²) in [6.45, 7) is 3.02. The summed E-state index contributed by atoms with van der Waals surface area (Å²) in [6.07, 6.45) is 5.47. The number of nitrogens with two attached hydrogens (primary N) is 1. The Morgan fingerprint density at radius 2 is 1.90 bits per heavy atom. The second-order valence-electron chi connectivity index (χ2n) is 4.28. The number of aryl methyl sites for hydroxylation is 1. The van der Waals surface area contributed by atoms with Gasteiger partial charge in [0.25, 0.3) is 0 Å². The Bertz CT molecular complexity index is 532. The lowest BCUT2D eigenvalue weighted by atomic mass is 10.1. The molecule has 0 saturated carbocycles. The van der Waals surface area contributed by atoms with Gasteiger partial charge in [-0.1, -0.05) is 0 Å². The molecule has 20 heavy (non-hydrogen) atoms. The Kier molecular flexibility index (Phi) is 5.17. The Hall–Kier alpha value is -2.30. The highest BCUT2D eigenvalue weighted by molar-refractivity contribution is 5.49. The molecule has 0 aromatic carbocycles. The summed E-state index contributed by atoms with van der Waals surface area (Å²) in [5.74, 6) is 0.969. The SMILES string of the molecule is CCOc1nc(OCCCc2ccncc2)ccc1N. The van der Waals surface area contributed by atoms with E-state index in [1.165, 1.54) is 5.56 Å². The van der Waals surface area contributed by atoms with Gasteiger partial charge in [0, 0.05) is 18.5 Å². The van der Waals surface area contributed by atoms with Gasteiger partial charge in [-0.05, 0) is 43.5 Å². The van der Waals surface area contributed by atoms with Crippen LogP contribution < -0.4 is 15.2 Å². The fourth-order valence-electron chi connectivity index (χ4n) is 1.77.